The Labute approximate surface area is 169 Å². The van der Waals surface area contributed by atoms with Crippen molar-refractivity contribution in [3.05, 3.63) is 46.5 Å². The van der Waals surface area contributed by atoms with Gasteiger partial charge in [-0.2, -0.15) is 0 Å². The molecule has 1 N–H and O–H groups in total. The molecule has 3 rings (SSSR count). The Morgan fingerprint density at radius 2 is 1.82 bits per heavy atom. The van der Waals surface area contributed by atoms with E-state index in [1.165, 1.54) is 27.4 Å². The Morgan fingerprint density at radius 1 is 1.11 bits per heavy atom. The third-order valence-corrected chi connectivity index (χ3v) is 5.65. The highest BCUT2D eigenvalue weighted by Gasteiger charge is 2.27. The second-order valence-corrected chi connectivity index (χ2v) is 8.21. The van der Waals surface area contributed by atoms with Crippen molar-refractivity contribution < 1.29 is 14.4 Å². The number of carbonyl (C=O) groups excluding carboxylic acids is 3. The van der Waals surface area contributed by atoms with Crippen molar-refractivity contribution in [1.82, 2.24) is 9.88 Å². The van der Waals surface area contributed by atoms with Crippen molar-refractivity contribution in [2.75, 3.05) is 11.9 Å². The molecular weight excluding hydrogens is 374 g/mol. The molecule has 28 heavy (non-hydrogen) atoms. The first-order chi connectivity index (χ1) is 13.5. The van der Waals surface area contributed by atoms with Gasteiger partial charge in [0.15, 0.2) is 5.13 Å². The number of aromatic nitrogens is 1. The minimum absolute atomic E-state index is 0.0513. The van der Waals surface area contributed by atoms with Gasteiger partial charge in [-0.25, -0.2) is 4.98 Å². The van der Waals surface area contributed by atoms with Crippen LogP contribution in [0.4, 0.5) is 5.13 Å². The average Bonchev–Trinajstić information content (AvgIpc) is 3.23. The summed E-state index contributed by atoms with van der Waals surface area (Å²) in [4.78, 5) is 41.9. The molecule has 1 aromatic carbocycles. The molecule has 2 heterocycles. The van der Waals surface area contributed by atoms with Gasteiger partial charge in [0.2, 0.25) is 17.7 Å². The molecule has 0 bridgehead atoms. The van der Waals surface area contributed by atoms with Gasteiger partial charge in [-0.3, -0.25) is 19.3 Å². The lowest BCUT2D eigenvalue weighted by atomic mass is 10.1. The van der Waals surface area contributed by atoms with E-state index < -0.39 is 0 Å². The van der Waals surface area contributed by atoms with Crippen LogP contribution in [0.1, 0.15) is 54.5 Å². The number of imide groups is 1. The van der Waals surface area contributed by atoms with Gasteiger partial charge in [0.05, 0.1) is 0 Å². The number of amides is 3. The third kappa shape index (κ3) is 5.73. The smallest absolute Gasteiger partial charge is 0.229 e. The number of hydrogen-bond donors (Lipinski definition) is 1. The Kier molecular flexibility index (Phi) is 6.92. The van der Waals surface area contributed by atoms with Crippen LogP contribution in [0.25, 0.3) is 0 Å². The van der Waals surface area contributed by atoms with Crippen molar-refractivity contribution in [2.45, 2.75) is 51.9 Å². The molecule has 6 nitrogen and oxygen atoms in total. The molecule has 1 saturated heterocycles. The zero-order valence-electron chi connectivity index (χ0n) is 16.1. The zero-order valence-corrected chi connectivity index (χ0v) is 16.9. The van der Waals surface area contributed by atoms with E-state index in [-0.39, 0.29) is 17.7 Å². The predicted octanol–water partition coefficient (Wildman–Crippen LogP) is 3.69. The largest absolute Gasteiger partial charge is 0.302 e. The Balaban J connectivity index is 1.35. The first-order valence-corrected chi connectivity index (χ1v) is 10.5. The second-order valence-electron chi connectivity index (χ2n) is 7.09. The van der Waals surface area contributed by atoms with Crippen molar-refractivity contribution in [1.29, 1.82) is 0 Å². The first-order valence-electron chi connectivity index (χ1n) is 9.64. The molecule has 3 amide bonds. The number of thiazole rings is 1. The first kappa shape index (κ1) is 20.2. The molecule has 1 aromatic heterocycles. The van der Waals surface area contributed by atoms with Gasteiger partial charge in [0, 0.05) is 43.3 Å². The minimum atomic E-state index is -0.0760. The number of hydrogen-bond acceptors (Lipinski definition) is 5. The summed E-state index contributed by atoms with van der Waals surface area (Å²) in [5.41, 5.74) is 2.46. The molecular formula is C21H25N3O3S. The van der Waals surface area contributed by atoms with E-state index in [1.807, 2.05) is 6.20 Å². The molecule has 0 atom stereocenters. The number of unbranched alkanes of at least 4 members (excludes halogenated alkanes) is 2. The highest BCUT2D eigenvalue weighted by atomic mass is 32.1. The third-order valence-electron chi connectivity index (χ3n) is 4.74. The highest BCUT2D eigenvalue weighted by molar-refractivity contribution is 7.15. The fourth-order valence-electron chi connectivity index (χ4n) is 3.14. The molecule has 0 saturated carbocycles. The summed E-state index contributed by atoms with van der Waals surface area (Å²) in [6, 6.07) is 8.40. The van der Waals surface area contributed by atoms with E-state index >= 15 is 0 Å². The van der Waals surface area contributed by atoms with E-state index in [1.54, 1.807) is 0 Å². The number of benzene rings is 1. The Bertz CT molecular complexity index is 829. The fraction of sp³-hybridized carbons (Fsp3) is 0.429. The van der Waals surface area contributed by atoms with E-state index in [2.05, 4.69) is 41.5 Å². The summed E-state index contributed by atoms with van der Waals surface area (Å²) in [7, 11) is 0. The normalized spacial score (nSPS) is 14.0. The predicted molar refractivity (Wildman–Crippen MR) is 109 cm³/mol. The topological polar surface area (TPSA) is 79.4 Å². The van der Waals surface area contributed by atoms with Crippen molar-refractivity contribution in [2.24, 2.45) is 0 Å². The maximum atomic E-state index is 12.1. The van der Waals surface area contributed by atoms with Gasteiger partial charge in [-0.05, 0) is 25.3 Å². The Hall–Kier alpha value is -2.54. The maximum Gasteiger partial charge on any atom is 0.229 e. The molecule has 0 unspecified atom stereocenters. The number of nitrogens with one attached hydrogen (secondary N) is 1. The summed E-state index contributed by atoms with van der Waals surface area (Å²) in [6.07, 6.45) is 5.97. The summed E-state index contributed by atoms with van der Waals surface area (Å²) in [5, 5.41) is 3.48. The van der Waals surface area contributed by atoms with E-state index in [4.69, 9.17) is 0 Å². The van der Waals surface area contributed by atoms with Crippen LogP contribution in [0, 0.1) is 6.92 Å². The molecule has 0 radical (unpaired) electrons. The van der Waals surface area contributed by atoms with Crippen LogP contribution >= 0.6 is 11.3 Å². The average molecular weight is 400 g/mol. The number of anilines is 1. The molecule has 0 aliphatic carbocycles. The van der Waals surface area contributed by atoms with E-state index in [0.717, 1.165) is 30.6 Å². The van der Waals surface area contributed by atoms with Gasteiger partial charge in [-0.15, -0.1) is 11.3 Å². The monoisotopic (exact) mass is 399 g/mol. The lowest BCUT2D eigenvalue weighted by Gasteiger charge is -2.12. The number of carbonyl (C=O) groups is 3. The van der Waals surface area contributed by atoms with Crippen molar-refractivity contribution in [3.63, 3.8) is 0 Å². The fourth-order valence-corrected chi connectivity index (χ4v) is 4.00. The molecule has 2 aromatic rings. The van der Waals surface area contributed by atoms with Crippen LogP contribution < -0.4 is 5.32 Å². The van der Waals surface area contributed by atoms with Crippen LogP contribution in [0.5, 0.6) is 0 Å². The number of rotatable bonds is 9. The SMILES string of the molecule is Cc1ccc(Cc2cnc(NC(=O)CCCCCN3C(=O)CCC3=O)s2)cc1. The number of likely N-dealkylation sites (tertiary alicyclic amines) is 1. The Morgan fingerprint density at radius 3 is 2.54 bits per heavy atom. The van der Waals surface area contributed by atoms with Crippen LogP contribution in [-0.4, -0.2) is 34.2 Å². The van der Waals surface area contributed by atoms with Gasteiger partial charge < -0.3 is 5.32 Å². The van der Waals surface area contributed by atoms with Crippen LogP contribution in [0.3, 0.4) is 0 Å². The molecule has 1 aliphatic rings. The summed E-state index contributed by atoms with van der Waals surface area (Å²) < 4.78 is 0. The van der Waals surface area contributed by atoms with Gasteiger partial charge in [-0.1, -0.05) is 36.2 Å². The zero-order chi connectivity index (χ0) is 19.9. The summed E-state index contributed by atoms with van der Waals surface area (Å²) in [6.45, 7) is 2.53. The quantitative estimate of drug-likeness (QED) is 0.515. The van der Waals surface area contributed by atoms with Crippen LogP contribution in [0.2, 0.25) is 0 Å². The maximum absolute atomic E-state index is 12.1. The molecule has 148 valence electrons. The van der Waals surface area contributed by atoms with E-state index in [0.29, 0.717) is 30.9 Å². The molecule has 0 spiro atoms. The lowest BCUT2D eigenvalue weighted by molar-refractivity contribution is -0.138. The minimum Gasteiger partial charge on any atom is -0.302 e. The summed E-state index contributed by atoms with van der Waals surface area (Å²) >= 11 is 1.50. The van der Waals surface area contributed by atoms with Gasteiger partial charge >= 0.3 is 0 Å². The van der Waals surface area contributed by atoms with Crippen molar-refractivity contribution in [3.8, 4) is 0 Å². The van der Waals surface area contributed by atoms with Crippen molar-refractivity contribution >= 4 is 34.2 Å². The number of nitrogens with zero attached hydrogens (tertiary/aromatic N) is 2. The van der Waals surface area contributed by atoms with E-state index in [9.17, 15) is 14.4 Å². The van der Waals surface area contributed by atoms with Gasteiger partial charge in [0.25, 0.3) is 0 Å². The van der Waals surface area contributed by atoms with Gasteiger partial charge in [0.1, 0.15) is 0 Å². The lowest BCUT2D eigenvalue weighted by Crippen LogP contribution is -2.29. The molecule has 1 aliphatic heterocycles. The molecule has 1 fully saturated rings. The van der Waals surface area contributed by atoms with Crippen LogP contribution in [-0.2, 0) is 20.8 Å². The standard InChI is InChI=1S/C21H25N3O3S/c1-15-6-8-16(9-7-15)13-17-14-22-21(28-17)23-18(25)5-3-2-4-12-24-19(26)10-11-20(24)27/h6-9,14H,2-5,10-13H2,1H3,(H,22,23,25). The number of aryl methyl sites for hydroxylation is 1. The highest BCUT2D eigenvalue weighted by Crippen LogP contribution is 2.22. The second kappa shape index (κ2) is 9.59. The summed E-state index contributed by atoms with van der Waals surface area (Å²) in [5.74, 6) is -0.203. The van der Waals surface area contributed by atoms with Crippen LogP contribution in [0.15, 0.2) is 30.5 Å². The molecule has 7 heteroatoms.